The summed E-state index contributed by atoms with van der Waals surface area (Å²) in [7, 11) is 0. The third kappa shape index (κ3) is 13.0. The van der Waals surface area contributed by atoms with Gasteiger partial charge in [0, 0.05) is 61.9 Å². The number of amides is 8. The highest BCUT2D eigenvalue weighted by molar-refractivity contribution is 7.59. The minimum Gasteiger partial charge on any atom is -0.377 e. The molecule has 2 atom stereocenters. The second-order valence-electron chi connectivity index (χ2n) is 16.3. The van der Waals surface area contributed by atoms with Crippen LogP contribution in [-0.2, 0) is 65.4 Å². The summed E-state index contributed by atoms with van der Waals surface area (Å²) >= 11 is 0. The lowest BCUT2D eigenvalue weighted by Gasteiger charge is -2.27. The Labute approximate surface area is 406 Å². The second kappa shape index (κ2) is 24.4. The smallest absolute Gasteiger partial charge is 0.268 e. The number of aliphatic hydroxyl groups is 1. The zero-order valence-electron chi connectivity index (χ0n) is 37.8. The molecule has 0 aromatic heterocycles. The van der Waals surface area contributed by atoms with Crippen molar-refractivity contribution < 1.29 is 75.9 Å². The summed E-state index contributed by atoms with van der Waals surface area (Å²) in [5.41, 5.74) is 0.704. The Morgan fingerprint density at radius 3 is 2.09 bits per heavy atom. The van der Waals surface area contributed by atoms with Crippen LogP contribution in [0.2, 0.25) is 0 Å². The van der Waals surface area contributed by atoms with E-state index in [-0.39, 0.29) is 114 Å². The molecule has 0 saturated carbocycles. The number of benzene rings is 3. The number of halogens is 2. The highest BCUT2D eigenvalue weighted by Crippen LogP contribution is 2.34. The van der Waals surface area contributed by atoms with Crippen molar-refractivity contribution in [3.63, 3.8) is 0 Å². The van der Waals surface area contributed by atoms with Gasteiger partial charge in [-0.1, -0.05) is 6.07 Å². The van der Waals surface area contributed by atoms with E-state index in [1.165, 1.54) is 23.1 Å². The molecule has 2 fully saturated rings. The number of fused-ring (bicyclic) bond motifs is 2. The molecule has 23 heteroatoms. The SMILES string of the molecule is O=C1CCC(N2C(=O)c3ccc(NC(=O)COCCOCCOCCOCCOCCNC(=O)C4=Cc5cc(N6CC[C@](O)(C(=O)NCc7cc(F)cc(F)c7)C6=O)ccc5C4)cc3C2=O)C(=O)N1.S. The van der Waals surface area contributed by atoms with E-state index >= 15 is 0 Å². The topological polar surface area (TPSA) is 258 Å². The van der Waals surface area contributed by atoms with Gasteiger partial charge < -0.3 is 49.6 Å². The zero-order valence-corrected chi connectivity index (χ0v) is 38.8. The van der Waals surface area contributed by atoms with E-state index in [1.54, 1.807) is 24.3 Å². The number of nitrogens with zero attached hydrogens (tertiary/aromatic N) is 2. The molecule has 0 spiro atoms. The maximum absolute atomic E-state index is 13.5. The molecule has 4 aliphatic rings. The van der Waals surface area contributed by atoms with Gasteiger partial charge in [-0.3, -0.25) is 48.6 Å². The molecule has 20 nitrogen and oxygen atoms in total. The molecule has 3 aromatic carbocycles. The molecule has 3 heterocycles. The van der Waals surface area contributed by atoms with Gasteiger partial charge in [-0.2, -0.15) is 13.5 Å². The van der Waals surface area contributed by atoms with E-state index < -0.39 is 64.6 Å². The number of hydrogen-bond acceptors (Lipinski definition) is 14. The van der Waals surface area contributed by atoms with E-state index in [2.05, 4.69) is 21.3 Å². The predicted molar refractivity (Wildman–Crippen MR) is 247 cm³/mol. The van der Waals surface area contributed by atoms with Crippen LogP contribution in [0.1, 0.15) is 56.7 Å². The summed E-state index contributed by atoms with van der Waals surface area (Å²) in [5, 5.41) is 21.0. The summed E-state index contributed by atoms with van der Waals surface area (Å²) in [6.45, 7) is 2.16. The second-order valence-corrected chi connectivity index (χ2v) is 16.3. The Kier molecular flexibility index (Phi) is 18.4. The Hall–Kier alpha value is -6.47. The van der Waals surface area contributed by atoms with Crippen molar-refractivity contribution in [1.29, 1.82) is 0 Å². The fourth-order valence-corrected chi connectivity index (χ4v) is 7.98. The van der Waals surface area contributed by atoms with Crippen molar-refractivity contribution in [3.05, 3.63) is 99.6 Å². The largest absolute Gasteiger partial charge is 0.377 e. The number of rotatable bonds is 24. The van der Waals surface area contributed by atoms with E-state index in [1.807, 2.05) is 0 Å². The highest BCUT2D eigenvalue weighted by Gasteiger charge is 2.52. The minimum atomic E-state index is -2.36. The number of imide groups is 2. The minimum absolute atomic E-state index is 0. The fourth-order valence-electron chi connectivity index (χ4n) is 7.98. The number of hydrogen-bond donors (Lipinski definition) is 5. The zero-order chi connectivity index (χ0) is 49.1. The Morgan fingerprint density at radius 2 is 1.41 bits per heavy atom. The molecule has 2 saturated heterocycles. The molecule has 374 valence electrons. The Morgan fingerprint density at radius 1 is 0.771 bits per heavy atom. The standard InChI is InChI=1S/C47H50F2N6O14.H2S/c48-32-19-28(20-33(49)24-32)26-51-45(62)47(64)7-9-54(46(47)63)35-3-1-29-21-31(22-30(29)23-35)41(58)50-8-10-65-11-12-66-13-14-67-15-16-68-17-18-69-27-40(57)52-34-2-4-36-37(25-34)44(61)55(43(36)60)38-5-6-39(56)53-42(38)59;/h1-4,19-20,22-25,38,64H,5-18,21,26-27H2,(H,50,58)(H,51,62)(H,52,57)(H,53,56,59);1H2/t38?,47-;/m0./s1. The van der Waals surface area contributed by atoms with Crippen molar-refractivity contribution in [2.75, 3.05) is 89.4 Å². The third-order valence-electron chi connectivity index (χ3n) is 11.5. The summed E-state index contributed by atoms with van der Waals surface area (Å²) in [4.78, 5) is 103. The highest BCUT2D eigenvalue weighted by atomic mass is 32.1. The Balaban J connectivity index is 0.00000804. The van der Waals surface area contributed by atoms with Gasteiger partial charge in [0.1, 0.15) is 24.3 Å². The Bertz CT molecular complexity index is 2530. The van der Waals surface area contributed by atoms with Gasteiger partial charge in [0.2, 0.25) is 29.2 Å². The molecule has 3 aliphatic heterocycles. The van der Waals surface area contributed by atoms with Crippen molar-refractivity contribution in [2.45, 2.75) is 43.9 Å². The monoisotopic (exact) mass is 994 g/mol. The van der Waals surface area contributed by atoms with Gasteiger partial charge in [0.05, 0.1) is 70.6 Å². The van der Waals surface area contributed by atoms with E-state index in [4.69, 9.17) is 23.7 Å². The number of piperidine rings is 1. The van der Waals surface area contributed by atoms with Gasteiger partial charge >= 0.3 is 0 Å². The van der Waals surface area contributed by atoms with Gasteiger partial charge in [0.15, 0.2) is 0 Å². The van der Waals surface area contributed by atoms with Crippen molar-refractivity contribution >= 4 is 78.2 Å². The normalized spacial score (nSPS) is 18.3. The van der Waals surface area contributed by atoms with Gasteiger partial charge in [0.25, 0.3) is 23.6 Å². The van der Waals surface area contributed by atoms with Crippen LogP contribution >= 0.6 is 13.5 Å². The molecule has 3 aromatic rings. The van der Waals surface area contributed by atoms with Crippen LogP contribution in [0, 0.1) is 11.6 Å². The molecule has 1 unspecified atom stereocenters. The summed E-state index contributed by atoms with van der Waals surface area (Å²) < 4.78 is 54.4. The van der Waals surface area contributed by atoms with Crippen LogP contribution in [0.4, 0.5) is 20.2 Å². The lowest BCUT2D eigenvalue weighted by Crippen LogP contribution is -2.54. The van der Waals surface area contributed by atoms with Gasteiger partial charge in [-0.15, -0.1) is 0 Å². The van der Waals surface area contributed by atoms with Gasteiger partial charge in [-0.25, -0.2) is 8.78 Å². The quantitative estimate of drug-likeness (QED) is 0.0478. The van der Waals surface area contributed by atoms with E-state index in [9.17, 15) is 52.2 Å². The maximum atomic E-state index is 13.5. The number of carbonyl (C=O) groups excluding carboxylic acids is 8. The van der Waals surface area contributed by atoms with Crippen molar-refractivity contribution in [2.24, 2.45) is 0 Å². The average molecular weight is 995 g/mol. The summed E-state index contributed by atoms with van der Waals surface area (Å²) in [6, 6.07) is 11.1. The molecule has 1 aliphatic carbocycles. The van der Waals surface area contributed by atoms with Crippen LogP contribution in [0.25, 0.3) is 6.08 Å². The predicted octanol–water partition coefficient (Wildman–Crippen LogP) is 1.04. The van der Waals surface area contributed by atoms with Crippen LogP contribution in [0.15, 0.2) is 60.2 Å². The molecule has 5 N–H and O–H groups in total. The lowest BCUT2D eigenvalue weighted by molar-refractivity contribution is -0.149. The fraction of sp³-hybridized carbons (Fsp3) is 0.404. The average Bonchev–Trinajstić information content (AvgIpc) is 3.96. The van der Waals surface area contributed by atoms with E-state index in [0.717, 1.165) is 28.2 Å². The number of anilines is 2. The number of ether oxygens (including phenoxy) is 5. The first-order chi connectivity index (χ1) is 33.2. The molecular weight excluding hydrogens is 943 g/mol. The number of nitrogens with one attached hydrogen (secondary N) is 4. The van der Waals surface area contributed by atoms with E-state index in [0.29, 0.717) is 56.8 Å². The molecular formula is C47H52F2N6O14S. The molecule has 8 amide bonds. The first-order valence-corrected chi connectivity index (χ1v) is 22.2. The molecule has 0 radical (unpaired) electrons. The van der Waals surface area contributed by atoms with Crippen LogP contribution in [-0.4, -0.2) is 148 Å². The summed E-state index contributed by atoms with van der Waals surface area (Å²) in [5.74, 6) is -6.73. The maximum Gasteiger partial charge on any atom is 0.268 e. The molecule has 70 heavy (non-hydrogen) atoms. The van der Waals surface area contributed by atoms with Crippen LogP contribution in [0.3, 0.4) is 0 Å². The van der Waals surface area contributed by atoms with Gasteiger partial charge in [-0.05, 0) is 71.7 Å². The third-order valence-corrected chi connectivity index (χ3v) is 11.5. The van der Waals surface area contributed by atoms with Crippen LogP contribution in [0.5, 0.6) is 0 Å². The molecule has 7 rings (SSSR count). The lowest BCUT2D eigenvalue weighted by atomic mass is 10.0. The van der Waals surface area contributed by atoms with Crippen molar-refractivity contribution in [3.8, 4) is 0 Å². The summed E-state index contributed by atoms with van der Waals surface area (Å²) in [6.07, 6.45) is 1.94. The van der Waals surface area contributed by atoms with Crippen LogP contribution < -0.4 is 26.2 Å². The number of carbonyl (C=O) groups is 8. The molecule has 0 bridgehead atoms. The first-order valence-electron chi connectivity index (χ1n) is 22.2. The van der Waals surface area contributed by atoms with Crippen molar-refractivity contribution in [1.82, 2.24) is 20.9 Å². The first kappa shape index (κ1) is 52.9.